The van der Waals surface area contributed by atoms with Crippen molar-refractivity contribution < 1.29 is 29.9 Å². The lowest BCUT2D eigenvalue weighted by atomic mass is 9.73. The quantitative estimate of drug-likeness (QED) is 0.167. The molecule has 0 saturated carbocycles. The van der Waals surface area contributed by atoms with Crippen molar-refractivity contribution in [1.82, 2.24) is 15.0 Å². The van der Waals surface area contributed by atoms with Crippen LogP contribution >= 0.6 is 0 Å². The molecular weight excluding hydrogens is 660 g/mol. The molecule has 0 bridgehead atoms. The molecule has 4 N–H and O–H groups in total. The first kappa shape index (κ1) is 39.1. The van der Waals surface area contributed by atoms with Gasteiger partial charge in [0.05, 0.1) is 22.5 Å². The Hall–Kier alpha value is -4.10. The van der Waals surface area contributed by atoms with Gasteiger partial charge in [0.15, 0.2) is 0 Å². The van der Waals surface area contributed by atoms with Gasteiger partial charge in [-0.05, 0) is 77.0 Å². The number of likely N-dealkylation sites (tertiary alicyclic amines) is 1. The first-order valence-electron chi connectivity index (χ1n) is 18.2. The van der Waals surface area contributed by atoms with Gasteiger partial charge in [-0.15, -0.1) is 0 Å². The maximum Gasteiger partial charge on any atom is 0.247 e. The summed E-state index contributed by atoms with van der Waals surface area (Å²) in [7, 11) is 2.92. The fourth-order valence-electron chi connectivity index (χ4n) is 8.07. The molecule has 2 heterocycles. The van der Waals surface area contributed by atoms with Crippen molar-refractivity contribution >= 4 is 40.3 Å². The number of benzene rings is 1. The van der Waals surface area contributed by atoms with Gasteiger partial charge in [0.1, 0.15) is 5.76 Å². The largest absolute Gasteiger partial charge is 0.506 e. The third-order valence-electron chi connectivity index (χ3n) is 11.5. The van der Waals surface area contributed by atoms with Crippen molar-refractivity contribution in [3.63, 3.8) is 0 Å². The van der Waals surface area contributed by atoms with Crippen LogP contribution in [0, 0.1) is 5.41 Å². The van der Waals surface area contributed by atoms with Crippen molar-refractivity contribution in [2.24, 2.45) is 10.4 Å². The Morgan fingerprint density at radius 2 is 1.46 bits per heavy atom. The Kier molecular flexibility index (Phi) is 10.6. The van der Waals surface area contributed by atoms with Gasteiger partial charge in [-0.3, -0.25) is 14.4 Å². The van der Waals surface area contributed by atoms with E-state index in [2.05, 4.69) is 89.3 Å². The maximum atomic E-state index is 14.5. The second kappa shape index (κ2) is 14.0. The number of fused-ring (bicyclic) bond motifs is 2. The molecule has 0 aromatic heterocycles. The number of Topliss-reactive ketones (excluding diaryl/α,β-unsaturated/α-hetero) is 1. The minimum atomic E-state index is -0.470. The summed E-state index contributed by atoms with van der Waals surface area (Å²) >= 11 is 0. The summed E-state index contributed by atoms with van der Waals surface area (Å²) < 4.78 is 0. The van der Waals surface area contributed by atoms with Crippen molar-refractivity contribution in [1.29, 1.82) is 0 Å². The van der Waals surface area contributed by atoms with Crippen LogP contribution in [0.15, 0.2) is 57.5 Å². The zero-order chi connectivity index (χ0) is 38.8. The number of rotatable bonds is 10. The SMILES string of the molecule is CC(C)N1C2=CC(=NC(=O)CCN(C)O)/C(=C3\C(=O)C(c4cc5c(cc4NC(=O)CCN(C)O)N(C(C)C)C(C)C5(C)C)=C3O)C=C2C(C)(C)C1C. The number of allylic oxidation sites excluding steroid dienone is 6. The van der Waals surface area contributed by atoms with Crippen LogP contribution in [-0.2, 0) is 19.8 Å². The molecule has 1 aromatic rings. The van der Waals surface area contributed by atoms with E-state index >= 15 is 0 Å². The third-order valence-corrected chi connectivity index (χ3v) is 11.5. The van der Waals surface area contributed by atoms with Gasteiger partial charge in [0, 0.05) is 97.5 Å². The molecule has 12 heteroatoms. The lowest BCUT2D eigenvalue weighted by Gasteiger charge is -2.34. The number of carbonyl (C=O) groups is 3. The topological polar surface area (TPSA) is 149 Å². The predicted molar refractivity (Wildman–Crippen MR) is 204 cm³/mol. The Morgan fingerprint density at radius 3 is 2.02 bits per heavy atom. The van der Waals surface area contributed by atoms with Crippen LogP contribution in [0.1, 0.15) is 93.2 Å². The molecule has 5 rings (SSSR count). The predicted octanol–water partition coefficient (Wildman–Crippen LogP) is 6.02. The van der Waals surface area contributed by atoms with Gasteiger partial charge in [0.25, 0.3) is 0 Å². The van der Waals surface area contributed by atoms with E-state index in [9.17, 15) is 29.9 Å². The van der Waals surface area contributed by atoms with Crippen LogP contribution in [0.5, 0.6) is 0 Å². The van der Waals surface area contributed by atoms with E-state index in [0.29, 0.717) is 16.8 Å². The molecule has 2 aliphatic carbocycles. The first-order valence-corrected chi connectivity index (χ1v) is 18.2. The van der Waals surface area contributed by atoms with E-state index < -0.39 is 11.7 Å². The van der Waals surface area contributed by atoms with E-state index in [1.807, 2.05) is 24.3 Å². The molecule has 1 saturated heterocycles. The third kappa shape index (κ3) is 6.66. The van der Waals surface area contributed by atoms with E-state index in [4.69, 9.17) is 0 Å². The standard InChI is InChI=1S/C40H56N6O6/c1-21(2)45-23(5)39(7,8)27-17-25(29(19-31(27)45)41-33(47)13-15-43(11)51)35-37(49)36(38(35)50)26-18-28-32(46(22(3)4)24(6)40(28,9)10)20-30(26)42-34(48)14-16-44(12)52/h17-24,49,51-52H,13-16H2,1-12H3,(H,41,47)/b36-26-,42-30?. The van der Waals surface area contributed by atoms with E-state index in [-0.39, 0.29) is 89.5 Å². The summed E-state index contributed by atoms with van der Waals surface area (Å²) in [6.45, 7) is 21.6. The van der Waals surface area contributed by atoms with Crippen molar-refractivity contribution in [3.8, 4) is 0 Å². The number of carbonyl (C=O) groups excluding carboxylic acids is 3. The molecule has 282 valence electrons. The Labute approximate surface area is 307 Å². The van der Waals surface area contributed by atoms with Crippen molar-refractivity contribution in [2.75, 3.05) is 37.4 Å². The molecular formula is C40H56N6O6. The normalized spacial score (nSPS) is 24.3. The number of amides is 2. The smallest absolute Gasteiger partial charge is 0.247 e. The number of aliphatic hydroxyl groups is 1. The minimum Gasteiger partial charge on any atom is -0.506 e. The minimum absolute atomic E-state index is 0.0113. The first-order chi connectivity index (χ1) is 24.1. The summed E-state index contributed by atoms with van der Waals surface area (Å²) in [4.78, 5) is 49.8. The average molecular weight is 717 g/mol. The average Bonchev–Trinajstić information content (AvgIpc) is 3.35. The van der Waals surface area contributed by atoms with Gasteiger partial charge >= 0.3 is 0 Å². The number of nitrogens with one attached hydrogen (secondary N) is 1. The Morgan fingerprint density at radius 1 is 0.885 bits per heavy atom. The number of aliphatic hydroxyl groups excluding tert-OH is 1. The van der Waals surface area contributed by atoms with Crippen molar-refractivity contribution in [3.05, 3.63) is 63.6 Å². The highest BCUT2D eigenvalue weighted by atomic mass is 16.5. The van der Waals surface area contributed by atoms with Crippen LogP contribution in [0.4, 0.5) is 11.4 Å². The molecule has 2 atom stereocenters. The lowest BCUT2D eigenvalue weighted by molar-refractivity contribution is -0.121. The number of aliphatic imine (C=N–C) groups is 1. The van der Waals surface area contributed by atoms with Crippen molar-refractivity contribution in [2.45, 2.75) is 112 Å². The van der Waals surface area contributed by atoms with Gasteiger partial charge in [-0.2, -0.15) is 10.1 Å². The summed E-state index contributed by atoms with van der Waals surface area (Å²) in [6.07, 6.45) is 3.70. The van der Waals surface area contributed by atoms with Gasteiger partial charge in [0.2, 0.25) is 17.6 Å². The molecule has 2 unspecified atom stereocenters. The summed E-state index contributed by atoms with van der Waals surface area (Å²) in [5.41, 5.74) is 4.77. The summed E-state index contributed by atoms with van der Waals surface area (Å²) in [6, 6.07) is 4.32. The Balaban J connectivity index is 1.72. The molecule has 1 fully saturated rings. The second-order valence-electron chi connectivity index (χ2n) is 16.3. The number of ketones is 1. The zero-order valence-electron chi connectivity index (χ0n) is 32.7. The van der Waals surface area contributed by atoms with E-state index in [1.54, 1.807) is 0 Å². The molecule has 4 aliphatic rings. The van der Waals surface area contributed by atoms with Crippen LogP contribution in [0.2, 0.25) is 0 Å². The lowest BCUT2D eigenvalue weighted by Crippen LogP contribution is -2.42. The molecule has 12 nitrogen and oxygen atoms in total. The Bertz CT molecular complexity index is 1840. The van der Waals surface area contributed by atoms with E-state index in [1.165, 1.54) is 14.1 Å². The number of hydrogen-bond acceptors (Lipinski definition) is 10. The highest BCUT2D eigenvalue weighted by Crippen LogP contribution is 2.53. The van der Waals surface area contributed by atoms with E-state index in [0.717, 1.165) is 32.6 Å². The highest BCUT2D eigenvalue weighted by Gasteiger charge is 2.49. The molecule has 0 spiro atoms. The van der Waals surface area contributed by atoms with Gasteiger partial charge < -0.3 is 30.6 Å². The van der Waals surface area contributed by atoms with Crippen LogP contribution < -0.4 is 10.2 Å². The zero-order valence-corrected chi connectivity index (χ0v) is 32.7. The van der Waals surface area contributed by atoms with Gasteiger partial charge in [-0.1, -0.05) is 27.7 Å². The number of hydroxylamine groups is 4. The second-order valence-corrected chi connectivity index (χ2v) is 16.3. The van der Waals surface area contributed by atoms with Crippen LogP contribution in [0.3, 0.4) is 0 Å². The molecule has 0 radical (unpaired) electrons. The van der Waals surface area contributed by atoms with Crippen LogP contribution in [-0.4, -0.2) is 105 Å². The molecule has 2 amide bonds. The highest BCUT2D eigenvalue weighted by molar-refractivity contribution is 6.42. The summed E-state index contributed by atoms with van der Waals surface area (Å²) in [5.74, 6) is -1.47. The number of hydrogen-bond donors (Lipinski definition) is 4. The number of nitrogens with zero attached hydrogens (tertiary/aromatic N) is 5. The maximum absolute atomic E-state index is 14.5. The van der Waals surface area contributed by atoms with Crippen LogP contribution in [0.25, 0.3) is 5.57 Å². The fraction of sp³-hybridized carbons (Fsp3) is 0.550. The van der Waals surface area contributed by atoms with Gasteiger partial charge in [-0.25, -0.2) is 4.99 Å². The molecule has 52 heavy (non-hydrogen) atoms. The number of anilines is 2. The fourth-order valence-corrected chi connectivity index (χ4v) is 8.07. The monoisotopic (exact) mass is 716 g/mol. The summed E-state index contributed by atoms with van der Waals surface area (Å²) in [5, 5.41) is 36.1. The molecule has 2 aliphatic heterocycles. The molecule has 1 aromatic carbocycles.